The van der Waals surface area contributed by atoms with Gasteiger partial charge in [-0.05, 0) is 42.5 Å². The van der Waals surface area contributed by atoms with Gasteiger partial charge >= 0.3 is 0 Å². The van der Waals surface area contributed by atoms with Crippen LogP contribution >= 0.6 is 0 Å². The van der Waals surface area contributed by atoms with Gasteiger partial charge in [-0.25, -0.2) is 4.68 Å². The molecule has 0 saturated carbocycles. The van der Waals surface area contributed by atoms with Gasteiger partial charge < -0.3 is 4.74 Å². The molecule has 1 fully saturated rings. The zero-order valence-corrected chi connectivity index (χ0v) is 17.7. The van der Waals surface area contributed by atoms with Crippen LogP contribution < -0.4 is 4.74 Å². The number of fused-ring (bicyclic) bond motifs is 1. The van der Waals surface area contributed by atoms with Crippen LogP contribution in [-0.2, 0) is 19.4 Å². The maximum atomic E-state index is 5.47. The van der Waals surface area contributed by atoms with Crippen LogP contribution in [0.4, 0.5) is 0 Å². The Balaban J connectivity index is 1.17. The van der Waals surface area contributed by atoms with Gasteiger partial charge in [0.25, 0.3) is 0 Å². The minimum Gasteiger partial charge on any atom is -0.494 e. The number of aryl methyl sites for hydroxylation is 1. The molecule has 2 heterocycles. The standard InChI is InChI=1S/C25H30N4O/c1-30-25-9-5-4-8-24(25)29-19-20(17-26-29)18-27-12-14-28(15-13-27)23-11-10-21-6-2-3-7-22(21)16-23/h2-9,17,19,23H,10-16,18H2,1H3. The number of benzene rings is 2. The highest BCUT2D eigenvalue weighted by atomic mass is 16.5. The van der Waals surface area contributed by atoms with Crippen LogP contribution in [0.2, 0.25) is 0 Å². The van der Waals surface area contributed by atoms with Crippen molar-refractivity contribution < 1.29 is 4.74 Å². The molecular formula is C25H30N4O. The summed E-state index contributed by atoms with van der Waals surface area (Å²) in [5.41, 5.74) is 5.34. The molecule has 1 unspecified atom stereocenters. The maximum absolute atomic E-state index is 5.47. The second kappa shape index (κ2) is 8.62. The van der Waals surface area contributed by atoms with Crippen molar-refractivity contribution in [3.63, 3.8) is 0 Å². The number of rotatable bonds is 5. The summed E-state index contributed by atoms with van der Waals surface area (Å²) in [4.78, 5) is 5.27. The van der Waals surface area contributed by atoms with E-state index in [2.05, 4.69) is 45.4 Å². The average molecular weight is 403 g/mol. The molecule has 2 aliphatic rings. The largest absolute Gasteiger partial charge is 0.494 e. The van der Waals surface area contributed by atoms with Crippen molar-refractivity contribution in [3.8, 4) is 11.4 Å². The summed E-state index contributed by atoms with van der Waals surface area (Å²) >= 11 is 0. The SMILES string of the molecule is COc1ccccc1-n1cc(CN2CCN(C3CCc4ccccc4C3)CC2)cn1. The van der Waals surface area contributed by atoms with Crippen molar-refractivity contribution in [2.24, 2.45) is 0 Å². The predicted octanol–water partition coefficient (Wildman–Crippen LogP) is 3.56. The normalized spacial score (nSPS) is 20.1. The molecule has 1 aromatic heterocycles. The zero-order valence-electron chi connectivity index (χ0n) is 17.7. The lowest BCUT2D eigenvalue weighted by atomic mass is 9.87. The molecular weight excluding hydrogens is 372 g/mol. The number of nitrogens with zero attached hydrogens (tertiary/aromatic N) is 4. The molecule has 0 radical (unpaired) electrons. The van der Waals surface area contributed by atoms with E-state index in [0.717, 1.165) is 44.2 Å². The Bertz CT molecular complexity index is 990. The Morgan fingerprint density at radius 2 is 1.73 bits per heavy atom. The fourth-order valence-electron chi connectivity index (χ4n) is 4.93. The van der Waals surface area contributed by atoms with Gasteiger partial charge in [-0.1, -0.05) is 36.4 Å². The molecule has 0 bridgehead atoms. The van der Waals surface area contributed by atoms with Crippen molar-refractivity contribution in [1.29, 1.82) is 0 Å². The lowest BCUT2D eigenvalue weighted by molar-refractivity contribution is 0.0856. The van der Waals surface area contributed by atoms with Gasteiger partial charge in [0.05, 0.1) is 13.3 Å². The summed E-state index contributed by atoms with van der Waals surface area (Å²) in [6.45, 7) is 5.52. The monoisotopic (exact) mass is 402 g/mol. The number of ether oxygens (including phenoxy) is 1. The van der Waals surface area contributed by atoms with Gasteiger partial charge in [0.15, 0.2) is 0 Å². The average Bonchev–Trinajstić information content (AvgIpc) is 3.27. The third kappa shape index (κ3) is 4.00. The molecule has 0 amide bonds. The number of hydrogen-bond acceptors (Lipinski definition) is 4. The van der Waals surface area contributed by atoms with E-state index in [1.165, 1.54) is 24.8 Å². The summed E-state index contributed by atoms with van der Waals surface area (Å²) in [6, 6.07) is 17.7. The van der Waals surface area contributed by atoms with Crippen molar-refractivity contribution >= 4 is 0 Å². The van der Waals surface area contributed by atoms with Crippen LogP contribution in [0.5, 0.6) is 5.75 Å². The second-order valence-corrected chi connectivity index (χ2v) is 8.44. The highest BCUT2D eigenvalue weighted by Gasteiger charge is 2.27. The fourth-order valence-corrected chi connectivity index (χ4v) is 4.93. The smallest absolute Gasteiger partial charge is 0.144 e. The Kier molecular flexibility index (Phi) is 5.56. The van der Waals surface area contributed by atoms with Gasteiger partial charge in [-0.2, -0.15) is 5.10 Å². The third-order valence-electron chi connectivity index (χ3n) is 6.62. The minimum absolute atomic E-state index is 0.704. The lowest BCUT2D eigenvalue weighted by Crippen LogP contribution is -2.51. The molecule has 0 N–H and O–H groups in total. The Hall–Kier alpha value is -2.63. The van der Waals surface area contributed by atoms with Crippen LogP contribution in [0.3, 0.4) is 0 Å². The summed E-state index contributed by atoms with van der Waals surface area (Å²) < 4.78 is 7.39. The second-order valence-electron chi connectivity index (χ2n) is 8.44. The molecule has 1 aliphatic heterocycles. The molecule has 5 nitrogen and oxygen atoms in total. The van der Waals surface area contributed by atoms with Gasteiger partial charge in [0.2, 0.25) is 0 Å². The molecule has 30 heavy (non-hydrogen) atoms. The van der Waals surface area contributed by atoms with E-state index in [0.29, 0.717) is 6.04 Å². The van der Waals surface area contributed by atoms with Crippen LogP contribution in [-0.4, -0.2) is 58.9 Å². The van der Waals surface area contributed by atoms with Crippen molar-refractivity contribution in [1.82, 2.24) is 19.6 Å². The molecule has 1 atom stereocenters. The van der Waals surface area contributed by atoms with Gasteiger partial charge in [0.1, 0.15) is 11.4 Å². The minimum atomic E-state index is 0.704. The summed E-state index contributed by atoms with van der Waals surface area (Å²) in [6.07, 6.45) is 7.84. The first-order valence-corrected chi connectivity index (χ1v) is 11.0. The van der Waals surface area contributed by atoms with E-state index in [4.69, 9.17) is 4.74 Å². The van der Waals surface area contributed by atoms with E-state index in [1.807, 2.05) is 35.1 Å². The van der Waals surface area contributed by atoms with Crippen LogP contribution in [0.1, 0.15) is 23.1 Å². The molecule has 0 spiro atoms. The van der Waals surface area contributed by atoms with Crippen LogP contribution in [0.15, 0.2) is 60.9 Å². The fraction of sp³-hybridized carbons (Fsp3) is 0.400. The highest BCUT2D eigenvalue weighted by molar-refractivity contribution is 5.46. The van der Waals surface area contributed by atoms with E-state index in [9.17, 15) is 0 Å². The summed E-state index contributed by atoms with van der Waals surface area (Å²) in [5.74, 6) is 0.842. The lowest BCUT2D eigenvalue weighted by Gasteiger charge is -2.41. The molecule has 1 saturated heterocycles. The number of methoxy groups -OCH3 is 1. The van der Waals surface area contributed by atoms with Crippen molar-refractivity contribution in [2.45, 2.75) is 31.8 Å². The van der Waals surface area contributed by atoms with Crippen LogP contribution in [0, 0.1) is 0 Å². The number of aromatic nitrogens is 2. The third-order valence-corrected chi connectivity index (χ3v) is 6.62. The molecule has 1 aliphatic carbocycles. The summed E-state index contributed by atoms with van der Waals surface area (Å²) in [7, 11) is 1.70. The molecule has 5 heteroatoms. The van der Waals surface area contributed by atoms with E-state index >= 15 is 0 Å². The highest BCUT2D eigenvalue weighted by Crippen LogP contribution is 2.26. The topological polar surface area (TPSA) is 33.5 Å². The number of para-hydroxylation sites is 2. The van der Waals surface area contributed by atoms with Crippen molar-refractivity contribution in [3.05, 3.63) is 77.6 Å². The first-order chi connectivity index (χ1) is 14.8. The molecule has 156 valence electrons. The van der Waals surface area contributed by atoms with Crippen molar-refractivity contribution in [2.75, 3.05) is 33.3 Å². The first-order valence-electron chi connectivity index (χ1n) is 11.0. The van der Waals surface area contributed by atoms with Crippen LogP contribution in [0.25, 0.3) is 5.69 Å². The molecule has 3 aromatic rings. The van der Waals surface area contributed by atoms with Gasteiger partial charge in [-0.15, -0.1) is 0 Å². The predicted molar refractivity (Wildman–Crippen MR) is 119 cm³/mol. The van der Waals surface area contributed by atoms with E-state index in [-0.39, 0.29) is 0 Å². The first kappa shape index (κ1) is 19.3. The molecule has 2 aromatic carbocycles. The number of hydrogen-bond donors (Lipinski definition) is 0. The number of piperazine rings is 1. The van der Waals surface area contributed by atoms with Gasteiger partial charge in [-0.3, -0.25) is 9.80 Å². The Morgan fingerprint density at radius 3 is 2.57 bits per heavy atom. The zero-order chi connectivity index (χ0) is 20.3. The summed E-state index contributed by atoms with van der Waals surface area (Å²) in [5, 5.41) is 4.57. The van der Waals surface area contributed by atoms with Gasteiger partial charge in [0, 0.05) is 50.5 Å². The van der Waals surface area contributed by atoms with E-state index in [1.54, 1.807) is 18.2 Å². The maximum Gasteiger partial charge on any atom is 0.144 e. The Morgan fingerprint density at radius 1 is 0.967 bits per heavy atom. The molecule has 5 rings (SSSR count). The quantitative estimate of drug-likeness (QED) is 0.654. The van der Waals surface area contributed by atoms with E-state index < -0.39 is 0 Å². The Labute approximate surface area is 178 Å².